The largest absolute Gasteiger partial charge is 0.454 e. The van der Waals surface area contributed by atoms with Gasteiger partial charge in [-0.05, 0) is 34.1 Å². The van der Waals surface area contributed by atoms with Gasteiger partial charge in [-0.15, -0.1) is 0 Å². The maximum Gasteiger partial charge on any atom is 0.339 e. The van der Waals surface area contributed by atoms with Crippen LogP contribution in [-0.2, 0) is 19.6 Å². The second-order valence-electron chi connectivity index (χ2n) is 6.18. The van der Waals surface area contributed by atoms with E-state index in [4.69, 9.17) is 4.74 Å². The number of carbonyl (C=O) groups is 2. The van der Waals surface area contributed by atoms with E-state index in [0.29, 0.717) is 4.47 Å². The van der Waals surface area contributed by atoms with Crippen molar-refractivity contribution in [3.63, 3.8) is 0 Å². The highest BCUT2D eigenvalue weighted by Gasteiger charge is 2.25. The molecule has 0 saturated carbocycles. The number of ether oxygens (including phenoxy) is 1. The Morgan fingerprint density at radius 3 is 2.26 bits per heavy atom. The Bertz CT molecular complexity index is 720. The van der Waals surface area contributed by atoms with Crippen molar-refractivity contribution in [1.29, 1.82) is 0 Å². The van der Waals surface area contributed by atoms with Crippen molar-refractivity contribution in [1.82, 2.24) is 4.31 Å². The van der Waals surface area contributed by atoms with Gasteiger partial charge in [0.2, 0.25) is 10.0 Å². The average molecular weight is 406 g/mol. The second-order valence-corrected chi connectivity index (χ2v) is 9.18. The summed E-state index contributed by atoms with van der Waals surface area (Å²) in [4.78, 5) is 23.9. The molecule has 0 aliphatic heterocycles. The van der Waals surface area contributed by atoms with Gasteiger partial charge in [0.15, 0.2) is 12.4 Å². The molecule has 1 aromatic carbocycles. The van der Waals surface area contributed by atoms with Crippen LogP contribution in [0.25, 0.3) is 0 Å². The number of hydrogen-bond donors (Lipinski definition) is 0. The molecule has 0 spiro atoms. The Morgan fingerprint density at radius 2 is 1.78 bits per heavy atom. The van der Waals surface area contributed by atoms with E-state index in [1.165, 1.54) is 32.3 Å². The van der Waals surface area contributed by atoms with Gasteiger partial charge in [0, 0.05) is 24.0 Å². The molecule has 128 valence electrons. The number of rotatable bonds is 5. The number of hydrogen-bond acceptors (Lipinski definition) is 5. The molecule has 0 saturated heterocycles. The summed E-state index contributed by atoms with van der Waals surface area (Å²) in [6, 6.07) is 4.07. The van der Waals surface area contributed by atoms with Crippen LogP contribution >= 0.6 is 15.9 Å². The van der Waals surface area contributed by atoms with E-state index in [1.807, 2.05) is 0 Å². The summed E-state index contributed by atoms with van der Waals surface area (Å²) in [6.07, 6.45) is 0. The summed E-state index contributed by atoms with van der Waals surface area (Å²) < 4.78 is 30.7. The van der Waals surface area contributed by atoms with Gasteiger partial charge in [-0.2, -0.15) is 0 Å². The van der Waals surface area contributed by atoms with Gasteiger partial charge in [-0.1, -0.05) is 20.8 Å². The van der Waals surface area contributed by atoms with Gasteiger partial charge >= 0.3 is 5.97 Å². The molecular formula is C15H20BrNO5S. The lowest BCUT2D eigenvalue weighted by atomic mass is 9.91. The molecule has 0 aliphatic rings. The third-order valence-electron chi connectivity index (χ3n) is 3.11. The van der Waals surface area contributed by atoms with Crippen LogP contribution in [0.3, 0.4) is 0 Å². The van der Waals surface area contributed by atoms with Crippen LogP contribution in [0, 0.1) is 5.41 Å². The molecule has 0 bridgehead atoms. The first-order valence-corrected chi connectivity index (χ1v) is 9.03. The summed E-state index contributed by atoms with van der Waals surface area (Å²) >= 11 is 3.19. The highest BCUT2D eigenvalue weighted by Crippen LogP contribution is 2.23. The number of nitrogens with zero attached hydrogens (tertiary/aromatic N) is 1. The summed E-state index contributed by atoms with van der Waals surface area (Å²) in [6.45, 7) is 4.82. The molecule has 0 radical (unpaired) electrons. The van der Waals surface area contributed by atoms with Crippen molar-refractivity contribution >= 4 is 37.7 Å². The molecule has 1 aromatic rings. The smallest absolute Gasteiger partial charge is 0.339 e. The fraction of sp³-hybridized carbons (Fsp3) is 0.467. The Balaban J connectivity index is 3.05. The molecular weight excluding hydrogens is 386 g/mol. The number of Topliss-reactive ketones (excluding diaryl/α,β-unsaturated/α-hetero) is 1. The first-order valence-electron chi connectivity index (χ1n) is 6.80. The Kier molecular flexibility index (Phi) is 6.12. The zero-order chi connectivity index (χ0) is 18.0. The number of halogens is 1. The maximum atomic E-state index is 12.1. The molecule has 1 rings (SSSR count). The van der Waals surface area contributed by atoms with E-state index < -0.39 is 21.4 Å². The predicted octanol–water partition coefficient (Wildman–Crippen LogP) is 2.47. The molecule has 23 heavy (non-hydrogen) atoms. The predicted molar refractivity (Wildman–Crippen MR) is 89.8 cm³/mol. The van der Waals surface area contributed by atoms with Gasteiger partial charge < -0.3 is 4.74 Å². The van der Waals surface area contributed by atoms with Crippen molar-refractivity contribution in [3.8, 4) is 0 Å². The van der Waals surface area contributed by atoms with Crippen molar-refractivity contribution in [2.24, 2.45) is 5.41 Å². The number of benzene rings is 1. The van der Waals surface area contributed by atoms with E-state index in [2.05, 4.69) is 15.9 Å². The molecule has 0 N–H and O–H groups in total. The standard InChI is InChI=1S/C15H20BrNO5S/c1-15(2,3)13(18)9-22-14(19)11-8-10(6-7-12(11)16)23(20,21)17(4)5/h6-8H,9H2,1-5H3. The zero-order valence-corrected chi connectivity index (χ0v) is 16.1. The minimum Gasteiger partial charge on any atom is -0.454 e. The molecule has 6 nitrogen and oxygen atoms in total. The van der Waals surface area contributed by atoms with Crippen molar-refractivity contribution in [2.45, 2.75) is 25.7 Å². The van der Waals surface area contributed by atoms with Gasteiger partial charge in [0.05, 0.1) is 10.5 Å². The maximum absolute atomic E-state index is 12.1. The second kappa shape index (κ2) is 7.11. The SMILES string of the molecule is CN(C)S(=O)(=O)c1ccc(Br)c(C(=O)OCC(=O)C(C)(C)C)c1. The molecule has 0 aliphatic carbocycles. The fourth-order valence-electron chi connectivity index (χ4n) is 1.46. The highest BCUT2D eigenvalue weighted by molar-refractivity contribution is 9.10. The molecule has 0 heterocycles. The summed E-state index contributed by atoms with van der Waals surface area (Å²) in [5.74, 6) is -0.982. The third-order valence-corrected chi connectivity index (χ3v) is 5.61. The Hall–Kier alpha value is -1.25. The monoisotopic (exact) mass is 405 g/mol. The van der Waals surface area contributed by atoms with Crippen molar-refractivity contribution in [3.05, 3.63) is 28.2 Å². The Morgan fingerprint density at radius 1 is 1.22 bits per heavy atom. The van der Waals surface area contributed by atoms with Crippen LogP contribution in [0.2, 0.25) is 0 Å². The molecule has 0 unspecified atom stereocenters. The minimum absolute atomic E-state index is 0.0280. The van der Waals surface area contributed by atoms with Gasteiger partial charge in [0.1, 0.15) is 0 Å². The lowest BCUT2D eigenvalue weighted by Gasteiger charge is -2.16. The average Bonchev–Trinajstić information content (AvgIpc) is 2.43. The molecule has 8 heteroatoms. The molecule has 0 amide bonds. The van der Waals surface area contributed by atoms with Crippen LogP contribution in [0.15, 0.2) is 27.6 Å². The topological polar surface area (TPSA) is 80.8 Å². The van der Waals surface area contributed by atoms with Crippen LogP contribution in [0.4, 0.5) is 0 Å². The van der Waals surface area contributed by atoms with Gasteiger partial charge in [-0.25, -0.2) is 17.5 Å². The summed E-state index contributed by atoms with van der Waals surface area (Å²) in [5, 5.41) is 0. The normalized spacial score (nSPS) is 12.3. The lowest BCUT2D eigenvalue weighted by Crippen LogP contribution is -2.26. The number of ketones is 1. The quantitative estimate of drug-likeness (QED) is 0.702. The number of sulfonamides is 1. The van der Waals surface area contributed by atoms with Crippen LogP contribution in [0.1, 0.15) is 31.1 Å². The lowest BCUT2D eigenvalue weighted by molar-refractivity contribution is -0.129. The van der Waals surface area contributed by atoms with Crippen molar-refractivity contribution < 1.29 is 22.7 Å². The van der Waals surface area contributed by atoms with Gasteiger partial charge in [0.25, 0.3) is 0 Å². The molecule has 0 fully saturated rings. The van der Waals surface area contributed by atoms with E-state index in [9.17, 15) is 18.0 Å². The summed E-state index contributed by atoms with van der Waals surface area (Å²) in [5.41, 5.74) is -0.567. The molecule has 0 aromatic heterocycles. The fourth-order valence-corrected chi connectivity index (χ4v) is 2.79. The van der Waals surface area contributed by atoms with Crippen LogP contribution < -0.4 is 0 Å². The summed E-state index contributed by atoms with van der Waals surface area (Å²) in [7, 11) is -0.866. The zero-order valence-electron chi connectivity index (χ0n) is 13.7. The third kappa shape index (κ3) is 4.86. The number of esters is 1. The first kappa shape index (κ1) is 19.8. The van der Waals surface area contributed by atoms with E-state index in [0.717, 1.165) is 4.31 Å². The van der Waals surface area contributed by atoms with E-state index >= 15 is 0 Å². The number of carbonyl (C=O) groups excluding carboxylic acids is 2. The van der Waals surface area contributed by atoms with Crippen LogP contribution in [-0.4, -0.2) is 45.2 Å². The molecule has 0 atom stereocenters. The van der Waals surface area contributed by atoms with E-state index in [1.54, 1.807) is 20.8 Å². The Labute approximate surface area is 145 Å². The van der Waals surface area contributed by atoms with Crippen LogP contribution in [0.5, 0.6) is 0 Å². The van der Waals surface area contributed by atoms with Gasteiger partial charge in [-0.3, -0.25) is 4.79 Å². The van der Waals surface area contributed by atoms with Crippen molar-refractivity contribution in [2.75, 3.05) is 20.7 Å². The first-order chi connectivity index (χ1) is 10.4. The minimum atomic E-state index is -3.67. The van der Waals surface area contributed by atoms with E-state index in [-0.39, 0.29) is 22.8 Å². The highest BCUT2D eigenvalue weighted by atomic mass is 79.9.